The number of benzene rings is 10. The van der Waals surface area contributed by atoms with E-state index in [4.69, 9.17) is 46.9 Å². The highest BCUT2D eigenvalue weighted by Gasteiger charge is 2.21. The van der Waals surface area contributed by atoms with E-state index < -0.39 is 0 Å². The molecule has 0 amide bonds. The molecular weight excluding hydrogens is 1620 g/mol. The van der Waals surface area contributed by atoms with Crippen molar-refractivity contribution < 1.29 is 38.1 Å². The van der Waals surface area contributed by atoms with Gasteiger partial charge in [-0.15, -0.1) is 11.3 Å². The quantitative estimate of drug-likeness (QED) is 0.0149. The molecule has 652 valence electrons. The van der Waals surface area contributed by atoms with Gasteiger partial charge in [-0.1, -0.05) is 127 Å². The molecule has 0 spiro atoms. The molecule has 128 heavy (non-hydrogen) atoms. The Bertz CT molecular complexity index is 6330. The third kappa shape index (κ3) is 23.8. The van der Waals surface area contributed by atoms with Crippen molar-refractivity contribution in [2.24, 2.45) is 0 Å². The highest BCUT2D eigenvalue weighted by atomic mass is 32.1. The summed E-state index contributed by atoms with van der Waals surface area (Å²) in [4.78, 5) is 67.3. The van der Waals surface area contributed by atoms with Crippen molar-refractivity contribution >= 4 is 101 Å². The van der Waals surface area contributed by atoms with Crippen LogP contribution in [0.25, 0.3) is 87.6 Å². The fourth-order valence-corrected chi connectivity index (χ4v) is 16.6. The van der Waals surface area contributed by atoms with E-state index in [-0.39, 0.29) is 48.8 Å². The van der Waals surface area contributed by atoms with Gasteiger partial charge in [0.1, 0.15) is 0 Å². The van der Waals surface area contributed by atoms with E-state index in [1.807, 2.05) is 239 Å². The van der Waals surface area contributed by atoms with Gasteiger partial charge in [-0.25, -0.2) is 9.67 Å². The zero-order chi connectivity index (χ0) is 88.5. The van der Waals surface area contributed by atoms with Crippen LogP contribution in [0.15, 0.2) is 285 Å². The van der Waals surface area contributed by atoms with Crippen LogP contribution in [0.2, 0.25) is 0 Å². The largest absolute Gasteiger partial charge is 0.398 e. The molecule has 8 heterocycles. The summed E-state index contributed by atoms with van der Waals surface area (Å²) in [7, 11) is 3.41. The Morgan fingerprint density at radius 3 is 1.46 bits per heavy atom. The monoisotopic (exact) mass is 1720 g/mol. The van der Waals surface area contributed by atoms with E-state index in [0.717, 1.165) is 229 Å². The topological polar surface area (TPSA) is 294 Å². The highest BCUT2D eigenvalue weighted by molar-refractivity contribution is 7.13. The van der Waals surface area contributed by atoms with Crippen LogP contribution >= 0.6 is 11.3 Å². The first-order valence-electron chi connectivity index (χ1n) is 43.5. The lowest BCUT2D eigenvalue weighted by Crippen LogP contribution is -2.38. The van der Waals surface area contributed by atoms with Crippen LogP contribution in [0, 0.1) is 0 Å². The average Bonchev–Trinajstić information content (AvgIpc) is 1.70. The first-order chi connectivity index (χ1) is 62.6. The number of nitrogen functional groups attached to an aromatic ring is 4. The molecular formula is C105H108N14O8S. The minimum absolute atomic E-state index is 0.0117. The van der Waals surface area contributed by atoms with Crippen LogP contribution in [0.4, 0.5) is 22.7 Å². The van der Waals surface area contributed by atoms with Gasteiger partial charge in [-0.3, -0.25) is 38.6 Å². The Balaban J connectivity index is 0.000000131. The molecule has 16 aromatic rings. The van der Waals surface area contributed by atoms with Gasteiger partial charge in [0.2, 0.25) is 0 Å². The maximum atomic E-state index is 13.1. The third-order valence-electron chi connectivity index (χ3n) is 23.2. The molecule has 22 nitrogen and oxygen atoms in total. The molecule has 2 aliphatic rings. The minimum Gasteiger partial charge on any atom is -0.398 e. The standard InChI is InChI=1S/C27H28N4O2.C27H29N3O2.C26H27N5O2.C25H24N2O2S/c28-25-8-6-21(20-4-2-1-3-5-20)16-23(25)18-27(32)22-7-9-26-24(17-22)19-31(29-26)11-10-30-12-14-33-15-13-30;1-32-16-13-29-12-15-30-14-11-22-18-23(8-10-26(22)30)27(31)19-24-17-21(7-9-25(24)28)20-5-3-2-4-6-20;27-24-7-6-20(19-4-2-1-3-5-19)14-21(24)16-25(32)22-15-23-18-29-31(26(23)28-17-22)9-8-30-10-12-33-13-11-30;1-29-12-2-4-21-9-6-17-14-18(8-11-23(17)27-21)24(28)16-20-15-19(7-10-22(20)26)25-5-3-13-30-25/h1-9,16-17,19H,10-15,18,28H2;2-11,14,17-18,29H,12-13,15-16,19,28H2,1H3;1-7,14-15,17-18H,8-13,16,27H2;3,5-11,13-15H,2,4,12,16,26H2,1H3. The molecule has 0 saturated carbocycles. The number of nitrogens with one attached hydrogen (secondary N) is 1. The number of rotatable bonds is 32. The predicted molar refractivity (Wildman–Crippen MR) is 516 cm³/mol. The Kier molecular flexibility index (Phi) is 30.8. The summed E-state index contributed by atoms with van der Waals surface area (Å²) in [6, 6.07) is 83.3. The number of fused-ring (bicyclic) bond motifs is 4. The number of carbonyl (C=O) groups excluding carboxylic acids is 4. The molecule has 9 N–H and O–H groups in total. The second-order valence-corrected chi connectivity index (χ2v) is 33.0. The zero-order valence-corrected chi connectivity index (χ0v) is 73.2. The molecule has 0 aliphatic carbocycles. The molecule has 18 rings (SSSR count). The van der Waals surface area contributed by atoms with E-state index in [0.29, 0.717) is 51.6 Å². The van der Waals surface area contributed by atoms with Gasteiger partial charge in [0, 0.05) is 207 Å². The first kappa shape index (κ1) is 89.4. The fourth-order valence-electron chi connectivity index (χ4n) is 15.9. The van der Waals surface area contributed by atoms with Gasteiger partial charge in [0.25, 0.3) is 0 Å². The second kappa shape index (κ2) is 44.1. The summed E-state index contributed by atoms with van der Waals surface area (Å²) in [6.07, 6.45) is 10.4. The Morgan fingerprint density at radius 2 is 0.922 bits per heavy atom. The number of nitrogens with zero attached hydrogens (tertiary/aromatic N) is 9. The van der Waals surface area contributed by atoms with E-state index in [1.165, 1.54) is 4.88 Å². The minimum atomic E-state index is -0.0117. The van der Waals surface area contributed by atoms with Crippen molar-refractivity contribution in [2.75, 3.05) is 129 Å². The number of pyridine rings is 2. The summed E-state index contributed by atoms with van der Waals surface area (Å²) in [6.45, 7) is 14.4. The summed E-state index contributed by atoms with van der Waals surface area (Å²) >= 11 is 1.67. The maximum absolute atomic E-state index is 13.1. The molecule has 10 aromatic carbocycles. The van der Waals surface area contributed by atoms with Gasteiger partial charge in [-0.2, -0.15) is 10.2 Å². The van der Waals surface area contributed by atoms with Crippen molar-refractivity contribution in [3.63, 3.8) is 0 Å². The van der Waals surface area contributed by atoms with E-state index in [9.17, 15) is 19.2 Å². The average molecular weight is 1730 g/mol. The first-order valence-corrected chi connectivity index (χ1v) is 44.4. The summed E-state index contributed by atoms with van der Waals surface area (Å²) in [5, 5.41) is 18.4. The third-order valence-corrected chi connectivity index (χ3v) is 24.1. The predicted octanol–water partition coefficient (Wildman–Crippen LogP) is 17.6. The normalized spacial score (nSPS) is 12.9. The number of nitrogens with two attached hydrogens (primary N) is 4. The van der Waals surface area contributed by atoms with Gasteiger partial charge in [0.15, 0.2) is 28.8 Å². The molecule has 23 heteroatoms. The number of ketones is 4. The van der Waals surface area contributed by atoms with Crippen molar-refractivity contribution in [1.82, 2.24) is 49.2 Å². The van der Waals surface area contributed by atoms with Gasteiger partial charge in [0.05, 0.1) is 63.4 Å². The summed E-state index contributed by atoms with van der Waals surface area (Å²) in [5.41, 5.74) is 45.7. The molecule has 2 saturated heterocycles. The number of morpholine rings is 2. The number of aryl methyl sites for hydroxylation is 1. The van der Waals surface area contributed by atoms with Crippen LogP contribution in [-0.2, 0) is 70.7 Å². The van der Waals surface area contributed by atoms with Crippen molar-refractivity contribution in [3.05, 3.63) is 335 Å². The Labute approximate surface area is 750 Å². The lowest BCUT2D eigenvalue weighted by molar-refractivity contribution is 0.0360. The number of hydrogen-bond acceptors (Lipinski definition) is 20. The number of anilines is 4. The maximum Gasteiger partial charge on any atom is 0.168 e. The van der Waals surface area contributed by atoms with Gasteiger partial charge < -0.3 is 51.8 Å². The number of aromatic nitrogens is 7. The number of carbonyl (C=O) groups is 4. The van der Waals surface area contributed by atoms with Crippen molar-refractivity contribution in [2.45, 2.75) is 58.2 Å². The zero-order valence-electron chi connectivity index (χ0n) is 72.4. The van der Waals surface area contributed by atoms with Crippen LogP contribution in [0.5, 0.6) is 0 Å². The number of Topliss-reactive ketones (excluding diaryl/α,β-unsaturated/α-hetero) is 4. The summed E-state index contributed by atoms with van der Waals surface area (Å²) in [5.74, 6) is 0.158. The molecule has 2 fully saturated rings. The Morgan fingerprint density at radius 1 is 0.430 bits per heavy atom. The Hall–Kier alpha value is -13.5. The molecule has 0 atom stereocenters. The SMILES string of the molecule is COCCCc1ccc2cc(C(=O)Cc3cc(-c4cccs4)ccc3N)ccc2n1.COCCNCCn1ccc2cc(C(=O)Cc3cc(-c4ccccc4)ccc3N)ccc21.Nc1ccc(-c2ccccc2)cc1CC(=O)c1ccc2nn(CCN3CCOCC3)cc2c1.Nc1ccc(-c2ccccc2)cc1CC(=O)c1cnc2c(cnn2CCN2CCOCC2)c1. The lowest BCUT2D eigenvalue weighted by Gasteiger charge is -2.26. The van der Waals surface area contributed by atoms with Crippen molar-refractivity contribution in [3.8, 4) is 43.8 Å². The molecule has 0 radical (unpaired) electrons. The van der Waals surface area contributed by atoms with Crippen LogP contribution in [0.1, 0.15) is 75.8 Å². The summed E-state index contributed by atoms with van der Waals surface area (Å²) < 4.78 is 27.0. The number of methoxy groups -OCH3 is 2. The molecule has 2 aliphatic heterocycles. The van der Waals surface area contributed by atoms with E-state index in [2.05, 4.69) is 77.5 Å². The van der Waals surface area contributed by atoms with Crippen LogP contribution in [-0.4, -0.2) is 173 Å². The van der Waals surface area contributed by atoms with Crippen LogP contribution < -0.4 is 28.3 Å². The van der Waals surface area contributed by atoms with Gasteiger partial charge in [-0.05, 0) is 207 Å². The van der Waals surface area contributed by atoms with Gasteiger partial charge >= 0.3 is 0 Å². The van der Waals surface area contributed by atoms with E-state index >= 15 is 0 Å². The lowest BCUT2D eigenvalue weighted by atomic mass is 9.97. The van der Waals surface area contributed by atoms with Crippen LogP contribution in [0.3, 0.4) is 0 Å². The smallest absolute Gasteiger partial charge is 0.168 e. The number of thiophene rings is 1. The molecule has 0 unspecified atom stereocenters. The van der Waals surface area contributed by atoms with Crippen molar-refractivity contribution in [1.29, 1.82) is 0 Å². The fraction of sp³-hybridized carbons (Fsp3) is 0.238. The number of hydrogen-bond donors (Lipinski definition) is 5. The second-order valence-electron chi connectivity index (χ2n) is 32.0. The molecule has 0 bridgehead atoms. The van der Waals surface area contributed by atoms with E-state index in [1.54, 1.807) is 38.0 Å². The molecule has 6 aromatic heterocycles. The number of ether oxygens (including phenoxy) is 4. The highest BCUT2D eigenvalue weighted by Crippen LogP contribution is 2.33.